The molecule has 0 bridgehead atoms. The fourth-order valence-electron chi connectivity index (χ4n) is 0.196. The molecule has 0 saturated heterocycles. The molecule has 6 heteroatoms. The SMILES string of the molecule is CCCO[P+](=O)ON.[H-].[H-].[Mg+2]. The van der Waals surface area contributed by atoms with Crippen LogP contribution in [0.5, 0.6) is 0 Å². The summed E-state index contributed by atoms with van der Waals surface area (Å²) in [6, 6.07) is 0. The summed E-state index contributed by atoms with van der Waals surface area (Å²) in [5.41, 5.74) is 0. The van der Waals surface area contributed by atoms with Crippen LogP contribution in [0.25, 0.3) is 0 Å². The third-order valence-electron chi connectivity index (χ3n) is 0.487. The molecular formula is C3H11MgNO3P+. The maximum absolute atomic E-state index is 10.1. The smallest absolute Gasteiger partial charge is 1.00 e. The molecule has 52 valence electrons. The van der Waals surface area contributed by atoms with Crippen LogP contribution in [0.3, 0.4) is 0 Å². The summed E-state index contributed by atoms with van der Waals surface area (Å²) in [5, 5.41) is 0. The second-order valence-electron chi connectivity index (χ2n) is 1.16. The standard InChI is InChI=1S/C3H9NO3P.Mg.2H/c1-2-3-6-8(5)7-4;;;/h2-4H2,1H3;;;/q+1;+2;2*-1. The van der Waals surface area contributed by atoms with Gasteiger partial charge in [-0.25, -0.2) is 0 Å². The maximum Gasteiger partial charge on any atom is 2.00 e. The number of hydrogen-bond donors (Lipinski definition) is 1. The van der Waals surface area contributed by atoms with Crippen molar-refractivity contribution < 1.29 is 16.6 Å². The van der Waals surface area contributed by atoms with Crippen LogP contribution >= 0.6 is 8.25 Å². The van der Waals surface area contributed by atoms with Gasteiger partial charge in [0.05, 0.1) is 0 Å². The van der Waals surface area contributed by atoms with Gasteiger partial charge in [0.15, 0.2) is 0 Å². The molecule has 0 aliphatic rings. The molecule has 0 aliphatic carbocycles. The van der Waals surface area contributed by atoms with E-state index in [-0.39, 0.29) is 25.9 Å². The van der Waals surface area contributed by atoms with Crippen molar-refractivity contribution in [2.75, 3.05) is 6.61 Å². The van der Waals surface area contributed by atoms with Crippen LogP contribution in [0.15, 0.2) is 0 Å². The van der Waals surface area contributed by atoms with Crippen molar-refractivity contribution in [3.63, 3.8) is 0 Å². The van der Waals surface area contributed by atoms with Crippen LogP contribution < -0.4 is 5.90 Å². The van der Waals surface area contributed by atoms with Crippen molar-refractivity contribution in [2.24, 2.45) is 5.90 Å². The van der Waals surface area contributed by atoms with Crippen molar-refractivity contribution in [1.82, 2.24) is 0 Å². The first-order valence-corrected chi connectivity index (χ1v) is 3.37. The Balaban J connectivity index is -0.0000000817. The topological polar surface area (TPSA) is 61.5 Å². The molecule has 0 aromatic carbocycles. The average Bonchev–Trinajstić information content (AvgIpc) is 1.83. The molecule has 9 heavy (non-hydrogen) atoms. The first kappa shape index (κ1) is 12.4. The Morgan fingerprint density at radius 2 is 2.33 bits per heavy atom. The number of rotatable bonds is 4. The molecule has 1 unspecified atom stereocenters. The molecule has 0 rings (SSSR count). The quantitative estimate of drug-likeness (QED) is 0.379. The van der Waals surface area contributed by atoms with Crippen LogP contribution in [-0.4, -0.2) is 29.7 Å². The molecule has 4 nitrogen and oxygen atoms in total. The van der Waals surface area contributed by atoms with Gasteiger partial charge in [-0.15, -0.1) is 4.52 Å². The Labute approximate surface area is 74.1 Å². The largest absolute Gasteiger partial charge is 2.00 e. The third kappa shape index (κ3) is 8.75. The molecule has 0 radical (unpaired) electrons. The zero-order chi connectivity index (χ0) is 6.41. The van der Waals surface area contributed by atoms with Crippen molar-refractivity contribution in [3.8, 4) is 0 Å². The van der Waals surface area contributed by atoms with Crippen LogP contribution in [0.4, 0.5) is 0 Å². The summed E-state index contributed by atoms with van der Waals surface area (Å²) in [4.78, 5) is 0. The second-order valence-corrected chi connectivity index (χ2v) is 2.08. The summed E-state index contributed by atoms with van der Waals surface area (Å²) in [6.07, 6.45) is 0.810. The van der Waals surface area contributed by atoms with E-state index < -0.39 is 8.25 Å². The van der Waals surface area contributed by atoms with E-state index in [0.29, 0.717) is 6.61 Å². The Hall–Kier alpha value is 0.746. The van der Waals surface area contributed by atoms with Crippen LogP contribution in [0, 0.1) is 0 Å². The predicted molar refractivity (Wildman–Crippen MR) is 37.1 cm³/mol. The van der Waals surface area contributed by atoms with E-state index in [1.165, 1.54) is 0 Å². The van der Waals surface area contributed by atoms with E-state index in [1.807, 2.05) is 6.92 Å². The number of nitrogens with two attached hydrogens (primary N) is 1. The minimum atomic E-state index is -2.06. The van der Waals surface area contributed by atoms with Crippen LogP contribution in [-0.2, 0) is 13.7 Å². The first-order chi connectivity index (χ1) is 3.81. The van der Waals surface area contributed by atoms with Crippen molar-refractivity contribution in [1.29, 1.82) is 0 Å². The van der Waals surface area contributed by atoms with Crippen molar-refractivity contribution in [3.05, 3.63) is 0 Å². The average molecular weight is 164 g/mol. The van der Waals surface area contributed by atoms with Gasteiger partial charge in [-0.1, -0.05) is 6.92 Å². The minimum Gasteiger partial charge on any atom is -1.00 e. The molecule has 0 aromatic rings. The number of hydrogen-bond acceptors (Lipinski definition) is 4. The molecule has 0 spiro atoms. The zero-order valence-corrected chi connectivity index (χ0v) is 7.68. The van der Waals surface area contributed by atoms with E-state index in [0.717, 1.165) is 6.42 Å². The van der Waals surface area contributed by atoms with Crippen molar-refractivity contribution in [2.45, 2.75) is 13.3 Å². The van der Waals surface area contributed by atoms with Gasteiger partial charge in [-0.05, 0) is 11.0 Å². The molecular weight excluding hydrogens is 153 g/mol. The van der Waals surface area contributed by atoms with Gasteiger partial charge >= 0.3 is 31.3 Å². The van der Waals surface area contributed by atoms with E-state index in [9.17, 15) is 4.57 Å². The molecule has 0 amide bonds. The first-order valence-electron chi connectivity index (χ1n) is 2.28. The molecule has 0 saturated carbocycles. The Morgan fingerprint density at radius 3 is 2.67 bits per heavy atom. The predicted octanol–water partition coefficient (Wildman–Crippen LogP) is 0.805. The Bertz CT molecular complexity index is 89.0. The van der Waals surface area contributed by atoms with E-state index >= 15 is 0 Å². The van der Waals surface area contributed by atoms with Crippen LogP contribution in [0.1, 0.15) is 16.2 Å². The molecule has 0 fully saturated rings. The molecule has 0 aromatic heterocycles. The Morgan fingerprint density at radius 1 is 1.78 bits per heavy atom. The van der Waals surface area contributed by atoms with E-state index in [1.54, 1.807) is 0 Å². The van der Waals surface area contributed by atoms with Gasteiger partial charge in [-0.3, -0.25) is 0 Å². The monoisotopic (exact) mass is 164 g/mol. The summed E-state index contributed by atoms with van der Waals surface area (Å²) < 4.78 is 18.5. The van der Waals surface area contributed by atoms with Gasteiger partial charge in [-0.2, -0.15) is 5.90 Å². The van der Waals surface area contributed by atoms with Crippen LogP contribution in [0.2, 0.25) is 0 Å². The van der Waals surface area contributed by atoms with Gasteiger partial charge < -0.3 is 2.85 Å². The van der Waals surface area contributed by atoms with Gasteiger partial charge in [0.1, 0.15) is 6.61 Å². The molecule has 0 heterocycles. The fourth-order valence-corrected chi connectivity index (χ4v) is 0.589. The van der Waals surface area contributed by atoms with Crippen molar-refractivity contribution >= 4 is 31.3 Å². The third-order valence-corrected chi connectivity index (χ3v) is 1.05. The molecule has 0 aliphatic heterocycles. The summed E-state index contributed by atoms with van der Waals surface area (Å²) in [7, 11) is -2.06. The fraction of sp³-hybridized carbons (Fsp3) is 1.00. The Kier molecular flexibility index (Phi) is 12.1. The summed E-state index contributed by atoms with van der Waals surface area (Å²) in [6.45, 7) is 2.33. The molecule has 1 atom stereocenters. The van der Waals surface area contributed by atoms with E-state index in [2.05, 4.69) is 15.0 Å². The minimum absolute atomic E-state index is 0. The zero-order valence-electron chi connectivity index (χ0n) is 7.37. The summed E-state index contributed by atoms with van der Waals surface area (Å²) >= 11 is 0. The normalized spacial score (nSPS) is 10.2. The van der Waals surface area contributed by atoms with Gasteiger partial charge in [0.2, 0.25) is 0 Å². The van der Waals surface area contributed by atoms with E-state index in [4.69, 9.17) is 0 Å². The van der Waals surface area contributed by atoms with Gasteiger partial charge in [0, 0.05) is 4.57 Å². The summed E-state index contributed by atoms with van der Waals surface area (Å²) in [5.74, 6) is 4.50. The second kappa shape index (κ2) is 8.75. The molecule has 2 N–H and O–H groups in total. The maximum atomic E-state index is 10.1. The van der Waals surface area contributed by atoms with Gasteiger partial charge in [0.25, 0.3) is 0 Å².